The Morgan fingerprint density at radius 1 is 1.21 bits per heavy atom. The van der Waals surface area contributed by atoms with Crippen LogP contribution in [-0.2, 0) is 24.3 Å². The van der Waals surface area contributed by atoms with Gasteiger partial charge in [0, 0.05) is 39.1 Å². The van der Waals surface area contributed by atoms with E-state index in [0.29, 0.717) is 63.6 Å². The summed E-state index contributed by atoms with van der Waals surface area (Å²) in [4.78, 5) is 18.0. The van der Waals surface area contributed by atoms with Crippen LogP contribution < -0.4 is 9.46 Å². The Morgan fingerprint density at radius 3 is 2.57 bits per heavy atom. The number of anilines is 1. The molecule has 2 heterocycles. The number of nitrogens with one attached hydrogen (secondary N) is 1. The summed E-state index contributed by atoms with van der Waals surface area (Å²) in [6.45, 7) is 2.15. The summed E-state index contributed by atoms with van der Waals surface area (Å²) in [5.41, 5.74) is 0.438. The number of sulfonamides is 1. The van der Waals surface area contributed by atoms with Crippen LogP contribution in [0.3, 0.4) is 0 Å². The Hall–Kier alpha value is -1.91. The zero-order valence-corrected chi connectivity index (χ0v) is 16.8. The normalized spacial score (nSPS) is 18.1. The molecule has 1 amide bonds. The van der Waals surface area contributed by atoms with Gasteiger partial charge in [-0.3, -0.25) is 9.52 Å². The maximum absolute atomic E-state index is 12.1. The predicted molar refractivity (Wildman–Crippen MR) is 103 cm³/mol. The highest BCUT2D eigenvalue weighted by atomic mass is 32.2. The number of carbonyl (C=O) groups excluding carboxylic acids is 1. The summed E-state index contributed by atoms with van der Waals surface area (Å²) in [6, 6.07) is 3.31. The lowest BCUT2D eigenvalue weighted by molar-refractivity contribution is -0.138. The van der Waals surface area contributed by atoms with Crippen molar-refractivity contribution in [3.63, 3.8) is 0 Å². The van der Waals surface area contributed by atoms with Crippen LogP contribution in [0.15, 0.2) is 18.3 Å². The summed E-state index contributed by atoms with van der Waals surface area (Å²) in [6.07, 6.45) is 4.28. The molecule has 9 nitrogen and oxygen atoms in total. The van der Waals surface area contributed by atoms with Crippen molar-refractivity contribution in [2.24, 2.45) is 0 Å². The minimum atomic E-state index is -3.29. The van der Waals surface area contributed by atoms with Gasteiger partial charge in [-0.25, -0.2) is 13.4 Å². The highest BCUT2D eigenvalue weighted by Gasteiger charge is 2.35. The van der Waals surface area contributed by atoms with E-state index in [1.165, 1.54) is 6.20 Å². The van der Waals surface area contributed by atoms with Crippen LogP contribution in [0.2, 0.25) is 0 Å². The second-order valence-electron chi connectivity index (χ2n) is 6.97. The molecule has 0 radical (unpaired) electrons. The number of aromatic nitrogens is 1. The lowest BCUT2D eigenvalue weighted by Gasteiger charge is -2.31. The monoisotopic (exact) mass is 413 g/mol. The van der Waals surface area contributed by atoms with Crippen molar-refractivity contribution in [3.8, 4) is 5.88 Å². The van der Waals surface area contributed by atoms with E-state index in [2.05, 4.69) is 9.71 Å². The molecule has 1 saturated carbocycles. The Morgan fingerprint density at radius 2 is 1.96 bits per heavy atom. The smallest absolute Gasteiger partial charge is 0.248 e. The van der Waals surface area contributed by atoms with Gasteiger partial charge in [-0.05, 0) is 18.9 Å². The predicted octanol–water partition coefficient (Wildman–Crippen LogP) is 1.02. The Labute approximate surface area is 165 Å². The number of amides is 1. The third-order valence-corrected chi connectivity index (χ3v) is 6.57. The fourth-order valence-corrected chi connectivity index (χ4v) is 4.30. The van der Waals surface area contributed by atoms with Crippen LogP contribution in [0.1, 0.15) is 25.7 Å². The second-order valence-corrected chi connectivity index (χ2v) is 8.94. The zero-order valence-electron chi connectivity index (χ0n) is 16.0. The molecule has 1 aliphatic heterocycles. The Balaban J connectivity index is 1.40. The molecule has 0 atom stereocenters. The summed E-state index contributed by atoms with van der Waals surface area (Å²) in [5, 5.41) is -0.276. The topological polar surface area (TPSA) is 107 Å². The molecule has 1 saturated heterocycles. The molecule has 2 aliphatic rings. The molecule has 28 heavy (non-hydrogen) atoms. The molecule has 3 rings (SSSR count). The first kappa shape index (κ1) is 20.8. The lowest BCUT2D eigenvalue weighted by atomic mass is 10.1. The summed E-state index contributed by atoms with van der Waals surface area (Å²) in [5.74, 6) is 0.419. The number of ether oxygens (including phenoxy) is 3. The molecule has 0 unspecified atom stereocenters. The van der Waals surface area contributed by atoms with Gasteiger partial charge in [-0.1, -0.05) is 0 Å². The van der Waals surface area contributed by atoms with Crippen molar-refractivity contribution < 1.29 is 27.4 Å². The van der Waals surface area contributed by atoms with E-state index < -0.39 is 10.0 Å². The number of nitrogens with zero attached hydrogens (tertiary/aromatic N) is 2. The number of methoxy groups -OCH3 is 1. The van der Waals surface area contributed by atoms with E-state index in [1.807, 2.05) is 0 Å². The largest absolute Gasteiger partial charge is 0.474 e. The van der Waals surface area contributed by atoms with Gasteiger partial charge in [0.05, 0.1) is 30.3 Å². The number of likely N-dealkylation sites (tertiary alicyclic amines) is 1. The summed E-state index contributed by atoms with van der Waals surface area (Å²) in [7, 11) is -1.70. The third-order valence-electron chi connectivity index (χ3n) is 4.70. The number of hydrogen-bond donors (Lipinski definition) is 1. The second kappa shape index (κ2) is 9.53. The third kappa shape index (κ3) is 6.05. The quantitative estimate of drug-likeness (QED) is 0.571. The average Bonchev–Trinajstić information content (AvgIpc) is 3.53. The molecule has 1 aromatic heterocycles. The molecule has 10 heteroatoms. The summed E-state index contributed by atoms with van der Waals surface area (Å²) < 4.78 is 42.4. The number of piperidine rings is 1. The molecule has 2 fully saturated rings. The van der Waals surface area contributed by atoms with Crippen molar-refractivity contribution in [1.82, 2.24) is 9.88 Å². The van der Waals surface area contributed by atoms with Crippen LogP contribution in [-0.4, -0.2) is 75.6 Å². The first-order valence-electron chi connectivity index (χ1n) is 9.47. The number of hydrogen-bond acceptors (Lipinski definition) is 7. The number of rotatable bonds is 10. The van der Waals surface area contributed by atoms with Crippen molar-refractivity contribution in [2.45, 2.75) is 37.0 Å². The average molecular weight is 413 g/mol. The van der Waals surface area contributed by atoms with E-state index in [0.717, 1.165) is 0 Å². The van der Waals surface area contributed by atoms with Gasteiger partial charge in [0.15, 0.2) is 0 Å². The lowest BCUT2D eigenvalue weighted by Crippen LogP contribution is -2.43. The van der Waals surface area contributed by atoms with Crippen LogP contribution >= 0.6 is 0 Å². The first-order valence-corrected chi connectivity index (χ1v) is 11.0. The van der Waals surface area contributed by atoms with Gasteiger partial charge in [0.25, 0.3) is 0 Å². The van der Waals surface area contributed by atoms with E-state index >= 15 is 0 Å². The number of pyridine rings is 1. The van der Waals surface area contributed by atoms with Gasteiger partial charge in [0.2, 0.25) is 21.8 Å². The van der Waals surface area contributed by atoms with E-state index in [1.54, 1.807) is 24.1 Å². The van der Waals surface area contributed by atoms with Gasteiger partial charge in [-0.2, -0.15) is 0 Å². The van der Waals surface area contributed by atoms with Crippen molar-refractivity contribution in [2.75, 3.05) is 44.7 Å². The Bertz CT molecular complexity index is 743. The van der Waals surface area contributed by atoms with E-state index in [-0.39, 0.29) is 23.9 Å². The van der Waals surface area contributed by atoms with Crippen molar-refractivity contribution in [1.29, 1.82) is 0 Å². The summed E-state index contributed by atoms with van der Waals surface area (Å²) >= 11 is 0. The minimum absolute atomic E-state index is 0.0278. The molecule has 0 bridgehead atoms. The first-order chi connectivity index (χ1) is 13.5. The van der Waals surface area contributed by atoms with Crippen LogP contribution in [0.5, 0.6) is 5.88 Å². The maximum atomic E-state index is 12.1. The molecule has 1 aromatic rings. The van der Waals surface area contributed by atoms with Gasteiger partial charge < -0.3 is 19.1 Å². The molecule has 156 valence electrons. The molecule has 0 aromatic carbocycles. The fraction of sp³-hybridized carbons (Fsp3) is 0.667. The van der Waals surface area contributed by atoms with Crippen LogP contribution in [0, 0.1) is 0 Å². The van der Waals surface area contributed by atoms with Gasteiger partial charge in [-0.15, -0.1) is 0 Å². The fourth-order valence-electron chi connectivity index (χ4n) is 2.92. The standard InChI is InChI=1S/C18H27N3O6S/c1-25-10-11-26-13-18(22)21-8-6-15(7-9-21)27-17-5-2-14(12-19-17)20-28(23,24)16-3-4-16/h2,5,12,15-16,20H,3-4,6-11,13H2,1H3. The zero-order chi connectivity index (χ0) is 20.0. The molecule has 1 N–H and O–H groups in total. The molecule has 1 aliphatic carbocycles. The minimum Gasteiger partial charge on any atom is -0.474 e. The van der Waals surface area contributed by atoms with Crippen molar-refractivity contribution in [3.05, 3.63) is 18.3 Å². The maximum Gasteiger partial charge on any atom is 0.248 e. The van der Waals surface area contributed by atoms with Gasteiger partial charge in [0.1, 0.15) is 12.7 Å². The molecular weight excluding hydrogens is 386 g/mol. The van der Waals surface area contributed by atoms with E-state index in [9.17, 15) is 13.2 Å². The highest BCUT2D eigenvalue weighted by molar-refractivity contribution is 7.93. The molecule has 0 spiro atoms. The van der Waals surface area contributed by atoms with Crippen LogP contribution in [0.25, 0.3) is 0 Å². The van der Waals surface area contributed by atoms with Crippen LogP contribution in [0.4, 0.5) is 5.69 Å². The highest BCUT2D eigenvalue weighted by Crippen LogP contribution is 2.29. The molecular formula is C18H27N3O6S. The van der Waals surface area contributed by atoms with Crippen molar-refractivity contribution >= 4 is 21.6 Å². The number of carbonyl (C=O) groups is 1. The Kier molecular flexibility index (Phi) is 7.08. The SMILES string of the molecule is COCCOCC(=O)N1CCC(Oc2ccc(NS(=O)(=O)C3CC3)cn2)CC1. The van der Waals surface area contributed by atoms with E-state index in [4.69, 9.17) is 14.2 Å². The van der Waals surface area contributed by atoms with Gasteiger partial charge >= 0.3 is 0 Å².